The van der Waals surface area contributed by atoms with Gasteiger partial charge in [-0.3, -0.25) is 0 Å². The van der Waals surface area contributed by atoms with E-state index in [-0.39, 0.29) is 17.7 Å². The summed E-state index contributed by atoms with van der Waals surface area (Å²) in [6.45, 7) is 6.91. The van der Waals surface area contributed by atoms with Gasteiger partial charge in [0.1, 0.15) is 5.60 Å². The standard InChI is InChI=1S/C16H20BClN4O2/c1-16(2,3)24-15(23)21-6-4-10(5-7-21)11-9-22-13(8-12(11)18)19-14(17)20-22/h8-10H,4-7H2,1-3H3. The summed E-state index contributed by atoms with van der Waals surface area (Å²) in [7, 11) is 5.63. The second-order valence-corrected chi connectivity index (χ2v) is 7.50. The normalized spacial score (nSPS) is 16.6. The van der Waals surface area contributed by atoms with Crippen LogP contribution in [0.1, 0.15) is 45.1 Å². The van der Waals surface area contributed by atoms with Gasteiger partial charge in [-0.15, -0.1) is 0 Å². The number of halogens is 1. The lowest BCUT2D eigenvalue weighted by molar-refractivity contribution is 0.0205. The number of hydrogen-bond acceptors (Lipinski definition) is 4. The number of rotatable bonds is 1. The van der Waals surface area contributed by atoms with Gasteiger partial charge in [0, 0.05) is 30.4 Å². The molecular weight excluding hydrogens is 326 g/mol. The molecule has 0 unspecified atom stereocenters. The number of nitrogens with zero attached hydrogens (tertiary/aromatic N) is 4. The Balaban J connectivity index is 1.70. The molecular formula is C16H20BClN4O2. The topological polar surface area (TPSA) is 59.7 Å². The van der Waals surface area contributed by atoms with Gasteiger partial charge in [-0.25, -0.2) is 14.3 Å². The van der Waals surface area contributed by atoms with Crippen LogP contribution in [0.25, 0.3) is 5.65 Å². The van der Waals surface area contributed by atoms with Crippen LogP contribution >= 0.6 is 11.6 Å². The van der Waals surface area contributed by atoms with Crippen LogP contribution in [0.15, 0.2) is 12.3 Å². The van der Waals surface area contributed by atoms with Crippen molar-refractivity contribution in [1.29, 1.82) is 0 Å². The number of pyridine rings is 1. The van der Waals surface area contributed by atoms with E-state index in [2.05, 4.69) is 10.1 Å². The molecule has 1 aliphatic rings. The second-order valence-electron chi connectivity index (χ2n) is 7.09. The van der Waals surface area contributed by atoms with Crippen molar-refractivity contribution in [2.24, 2.45) is 0 Å². The molecule has 0 aromatic carbocycles. The zero-order valence-corrected chi connectivity index (χ0v) is 14.9. The fraction of sp³-hybridized carbons (Fsp3) is 0.562. The van der Waals surface area contributed by atoms with Crippen LogP contribution < -0.4 is 5.72 Å². The minimum atomic E-state index is -0.477. The van der Waals surface area contributed by atoms with E-state index in [0.29, 0.717) is 23.8 Å². The lowest BCUT2D eigenvalue weighted by atomic mass is 9.90. The Kier molecular flexibility index (Phi) is 4.47. The minimum Gasteiger partial charge on any atom is -0.444 e. The number of likely N-dealkylation sites (tertiary alicyclic amines) is 1. The van der Waals surface area contributed by atoms with Crippen LogP contribution in [-0.4, -0.2) is 52.1 Å². The van der Waals surface area contributed by atoms with Crippen molar-refractivity contribution >= 4 is 36.9 Å². The summed E-state index contributed by atoms with van der Waals surface area (Å²) in [6, 6.07) is 1.78. The first kappa shape index (κ1) is 17.1. The Bertz CT molecular complexity index is 763. The molecule has 8 heteroatoms. The van der Waals surface area contributed by atoms with Gasteiger partial charge in [-0.05, 0) is 45.1 Å². The highest BCUT2D eigenvalue weighted by molar-refractivity contribution is 6.32. The molecule has 0 saturated carbocycles. The number of aromatic nitrogens is 3. The molecule has 2 radical (unpaired) electrons. The lowest BCUT2D eigenvalue weighted by Gasteiger charge is -2.33. The molecule has 3 heterocycles. The van der Waals surface area contributed by atoms with E-state index in [0.717, 1.165) is 18.4 Å². The van der Waals surface area contributed by atoms with Gasteiger partial charge >= 0.3 is 6.09 Å². The molecule has 0 N–H and O–H groups in total. The highest BCUT2D eigenvalue weighted by Gasteiger charge is 2.28. The van der Waals surface area contributed by atoms with E-state index < -0.39 is 5.60 Å². The average molecular weight is 347 g/mol. The number of fused-ring (bicyclic) bond motifs is 1. The van der Waals surface area contributed by atoms with Crippen molar-refractivity contribution in [1.82, 2.24) is 19.5 Å². The third-order valence-corrected chi connectivity index (χ3v) is 4.38. The summed E-state index contributed by atoms with van der Waals surface area (Å²) in [5, 5.41) is 4.79. The maximum atomic E-state index is 12.1. The highest BCUT2D eigenvalue weighted by Crippen LogP contribution is 2.33. The van der Waals surface area contributed by atoms with E-state index in [9.17, 15) is 4.79 Å². The molecule has 24 heavy (non-hydrogen) atoms. The number of amides is 1. The molecule has 0 atom stereocenters. The van der Waals surface area contributed by atoms with Crippen LogP contribution in [-0.2, 0) is 4.74 Å². The minimum absolute atomic E-state index is 0.225. The molecule has 1 fully saturated rings. The highest BCUT2D eigenvalue weighted by atomic mass is 35.5. The van der Waals surface area contributed by atoms with Gasteiger partial charge in [0.05, 0.1) is 5.72 Å². The van der Waals surface area contributed by atoms with E-state index in [1.807, 2.05) is 27.0 Å². The fourth-order valence-electron chi connectivity index (χ4n) is 2.94. The first-order valence-corrected chi connectivity index (χ1v) is 8.40. The van der Waals surface area contributed by atoms with Crippen LogP contribution in [0.5, 0.6) is 0 Å². The van der Waals surface area contributed by atoms with Gasteiger partial charge in [0.2, 0.25) is 0 Å². The summed E-state index contributed by atoms with van der Waals surface area (Å²) in [5.74, 6) is 0.269. The van der Waals surface area contributed by atoms with Gasteiger partial charge in [-0.2, -0.15) is 5.10 Å². The van der Waals surface area contributed by atoms with E-state index in [1.54, 1.807) is 15.5 Å². The smallest absolute Gasteiger partial charge is 0.410 e. The predicted molar refractivity (Wildman–Crippen MR) is 93.2 cm³/mol. The maximum Gasteiger partial charge on any atom is 0.410 e. The Hall–Kier alpha value is -1.76. The molecule has 1 amide bonds. The predicted octanol–water partition coefficient (Wildman–Crippen LogP) is 2.29. The lowest BCUT2D eigenvalue weighted by Crippen LogP contribution is -2.41. The largest absolute Gasteiger partial charge is 0.444 e. The summed E-state index contributed by atoms with van der Waals surface area (Å²) in [6.07, 6.45) is 3.28. The number of hydrogen-bond donors (Lipinski definition) is 0. The molecule has 0 spiro atoms. The Labute approximate surface area is 147 Å². The van der Waals surface area contributed by atoms with E-state index in [1.165, 1.54) is 0 Å². The summed E-state index contributed by atoms with van der Waals surface area (Å²) >= 11 is 6.40. The monoisotopic (exact) mass is 346 g/mol. The Morgan fingerprint density at radius 1 is 1.38 bits per heavy atom. The number of ether oxygens (including phenoxy) is 1. The van der Waals surface area contributed by atoms with Crippen LogP contribution in [0.2, 0.25) is 5.02 Å². The molecule has 1 saturated heterocycles. The number of carbonyl (C=O) groups excluding carboxylic acids is 1. The molecule has 1 aliphatic heterocycles. The zero-order valence-electron chi connectivity index (χ0n) is 14.1. The number of piperidine rings is 1. The van der Waals surface area contributed by atoms with Crippen LogP contribution in [0.4, 0.5) is 4.79 Å². The van der Waals surface area contributed by atoms with Crippen molar-refractivity contribution in [3.05, 3.63) is 22.8 Å². The molecule has 0 bridgehead atoms. The third-order valence-electron chi connectivity index (χ3n) is 4.05. The molecule has 0 aliphatic carbocycles. The van der Waals surface area contributed by atoms with Crippen molar-refractivity contribution in [2.45, 2.75) is 45.1 Å². The van der Waals surface area contributed by atoms with Gasteiger partial charge in [-0.1, -0.05) is 11.6 Å². The van der Waals surface area contributed by atoms with E-state index in [4.69, 9.17) is 24.2 Å². The van der Waals surface area contributed by atoms with Crippen molar-refractivity contribution in [2.75, 3.05) is 13.1 Å². The van der Waals surface area contributed by atoms with Crippen LogP contribution in [0, 0.1) is 0 Å². The fourth-order valence-corrected chi connectivity index (χ4v) is 3.24. The summed E-state index contributed by atoms with van der Waals surface area (Å²) in [4.78, 5) is 18.0. The quantitative estimate of drug-likeness (QED) is 0.743. The number of carbonyl (C=O) groups is 1. The summed E-state index contributed by atoms with van der Waals surface area (Å²) in [5.41, 5.74) is 1.39. The van der Waals surface area contributed by atoms with Gasteiger partial charge in [0.15, 0.2) is 13.5 Å². The maximum absolute atomic E-state index is 12.1. The van der Waals surface area contributed by atoms with Crippen molar-refractivity contribution in [3.63, 3.8) is 0 Å². The third kappa shape index (κ3) is 3.66. The Morgan fingerprint density at radius 2 is 2.04 bits per heavy atom. The van der Waals surface area contributed by atoms with Crippen molar-refractivity contribution in [3.8, 4) is 0 Å². The average Bonchev–Trinajstić information content (AvgIpc) is 2.84. The second kappa shape index (κ2) is 6.28. The summed E-state index contributed by atoms with van der Waals surface area (Å²) < 4.78 is 7.08. The molecule has 2 aromatic heterocycles. The van der Waals surface area contributed by atoms with E-state index >= 15 is 0 Å². The molecule has 2 aromatic rings. The SMILES string of the molecule is [B]c1nc2cc(Cl)c(C3CCN(C(=O)OC(C)(C)C)CC3)cn2n1. The molecule has 3 rings (SSSR count). The zero-order chi connectivity index (χ0) is 17.5. The van der Waals surface area contributed by atoms with Gasteiger partial charge < -0.3 is 9.64 Å². The van der Waals surface area contributed by atoms with Crippen molar-refractivity contribution < 1.29 is 9.53 Å². The first-order valence-electron chi connectivity index (χ1n) is 8.02. The molecule has 6 nitrogen and oxygen atoms in total. The molecule has 126 valence electrons. The van der Waals surface area contributed by atoms with Crippen LogP contribution in [0.3, 0.4) is 0 Å². The Morgan fingerprint density at radius 3 is 2.67 bits per heavy atom. The van der Waals surface area contributed by atoms with Gasteiger partial charge in [0.25, 0.3) is 0 Å². The first-order chi connectivity index (χ1) is 11.2.